The van der Waals surface area contributed by atoms with E-state index in [-0.39, 0.29) is 11.8 Å². The highest BCUT2D eigenvalue weighted by molar-refractivity contribution is 5.79. The van der Waals surface area contributed by atoms with E-state index in [0.29, 0.717) is 12.0 Å². The Balaban J connectivity index is 1.53. The summed E-state index contributed by atoms with van der Waals surface area (Å²) in [6, 6.07) is 2.38. The van der Waals surface area contributed by atoms with Crippen molar-refractivity contribution in [1.82, 2.24) is 15.3 Å². The Labute approximate surface area is 145 Å². The number of aromatic nitrogens is 2. The Hall–Kier alpha value is -1.65. The topological polar surface area (TPSA) is 58.1 Å². The standard InChI is InChI=1S/C19H30N4O/c1-13-6-4-5-7-17(13)22-18(24)16-8-10-23(11-9-16)19-20-14(2)12-15(3)21-19/h12-13,16-17H,4-11H2,1-3H3,(H,22,24)/t13-,17-/m1/s1. The number of anilines is 1. The van der Waals surface area contributed by atoms with Gasteiger partial charge in [0.1, 0.15) is 0 Å². The van der Waals surface area contributed by atoms with Crippen molar-refractivity contribution < 1.29 is 4.79 Å². The van der Waals surface area contributed by atoms with Gasteiger partial charge in [0.05, 0.1) is 0 Å². The number of carbonyl (C=O) groups is 1. The number of hydrogen-bond donors (Lipinski definition) is 1. The SMILES string of the molecule is Cc1cc(C)nc(N2CCC(C(=O)N[C@@H]3CCCC[C@H]3C)CC2)n1. The molecular weight excluding hydrogens is 300 g/mol. The molecule has 1 aromatic heterocycles. The van der Waals surface area contributed by atoms with Crippen molar-refractivity contribution >= 4 is 11.9 Å². The van der Waals surface area contributed by atoms with E-state index in [2.05, 4.69) is 27.1 Å². The van der Waals surface area contributed by atoms with Crippen LogP contribution in [0.25, 0.3) is 0 Å². The molecule has 1 aliphatic carbocycles. The Morgan fingerprint density at radius 3 is 2.33 bits per heavy atom. The van der Waals surface area contributed by atoms with Crippen LogP contribution >= 0.6 is 0 Å². The summed E-state index contributed by atoms with van der Waals surface area (Å²) in [7, 11) is 0. The first kappa shape index (κ1) is 17.2. The van der Waals surface area contributed by atoms with Crippen molar-refractivity contribution in [1.29, 1.82) is 0 Å². The van der Waals surface area contributed by atoms with Crippen LogP contribution < -0.4 is 10.2 Å². The van der Waals surface area contributed by atoms with Crippen molar-refractivity contribution in [2.45, 2.75) is 65.3 Å². The molecule has 24 heavy (non-hydrogen) atoms. The van der Waals surface area contributed by atoms with E-state index in [1.807, 2.05) is 19.9 Å². The number of hydrogen-bond acceptors (Lipinski definition) is 4. The van der Waals surface area contributed by atoms with Gasteiger partial charge in [0.25, 0.3) is 0 Å². The van der Waals surface area contributed by atoms with Crippen LogP contribution in [0.5, 0.6) is 0 Å². The highest BCUT2D eigenvalue weighted by Crippen LogP contribution is 2.26. The summed E-state index contributed by atoms with van der Waals surface area (Å²) in [6.45, 7) is 8.00. The molecule has 0 radical (unpaired) electrons. The van der Waals surface area contributed by atoms with Gasteiger partial charge in [0, 0.05) is 36.4 Å². The van der Waals surface area contributed by atoms with Crippen LogP contribution in [-0.2, 0) is 4.79 Å². The van der Waals surface area contributed by atoms with E-state index in [9.17, 15) is 4.79 Å². The van der Waals surface area contributed by atoms with E-state index < -0.39 is 0 Å². The highest BCUT2D eigenvalue weighted by atomic mass is 16.2. The maximum Gasteiger partial charge on any atom is 0.225 e. The maximum absolute atomic E-state index is 12.6. The average Bonchev–Trinajstić information content (AvgIpc) is 2.56. The molecule has 5 nitrogen and oxygen atoms in total. The fourth-order valence-electron chi connectivity index (χ4n) is 4.02. The first-order chi connectivity index (χ1) is 11.5. The lowest BCUT2D eigenvalue weighted by Crippen LogP contribution is -2.47. The summed E-state index contributed by atoms with van der Waals surface area (Å²) in [5, 5.41) is 3.32. The molecule has 1 N–H and O–H groups in total. The zero-order valence-corrected chi connectivity index (χ0v) is 15.2. The molecule has 2 atom stereocenters. The zero-order chi connectivity index (χ0) is 17.1. The number of aryl methyl sites for hydroxylation is 2. The molecule has 0 unspecified atom stereocenters. The quantitative estimate of drug-likeness (QED) is 0.925. The molecule has 0 spiro atoms. The van der Waals surface area contributed by atoms with Gasteiger partial charge in [0.15, 0.2) is 0 Å². The van der Waals surface area contributed by atoms with Gasteiger partial charge >= 0.3 is 0 Å². The molecule has 2 fully saturated rings. The Morgan fingerprint density at radius 2 is 1.71 bits per heavy atom. The predicted molar refractivity (Wildman–Crippen MR) is 96.0 cm³/mol. The van der Waals surface area contributed by atoms with Crippen LogP contribution in [0.4, 0.5) is 5.95 Å². The van der Waals surface area contributed by atoms with Crippen molar-refractivity contribution in [3.05, 3.63) is 17.5 Å². The van der Waals surface area contributed by atoms with E-state index in [0.717, 1.165) is 49.7 Å². The van der Waals surface area contributed by atoms with Crippen LogP contribution in [0.1, 0.15) is 56.8 Å². The van der Waals surface area contributed by atoms with E-state index in [1.54, 1.807) is 0 Å². The molecule has 1 amide bonds. The second-order valence-corrected chi connectivity index (χ2v) is 7.59. The largest absolute Gasteiger partial charge is 0.353 e. The van der Waals surface area contributed by atoms with Gasteiger partial charge in [-0.1, -0.05) is 19.8 Å². The van der Waals surface area contributed by atoms with Crippen LogP contribution in [0.3, 0.4) is 0 Å². The Kier molecular flexibility index (Phi) is 5.36. The number of nitrogens with one attached hydrogen (secondary N) is 1. The lowest BCUT2D eigenvalue weighted by molar-refractivity contribution is -0.126. The smallest absolute Gasteiger partial charge is 0.225 e. The highest BCUT2D eigenvalue weighted by Gasteiger charge is 2.29. The minimum absolute atomic E-state index is 0.140. The molecule has 0 aromatic carbocycles. The third-order valence-electron chi connectivity index (χ3n) is 5.56. The molecule has 2 aliphatic rings. The van der Waals surface area contributed by atoms with Crippen LogP contribution in [0.2, 0.25) is 0 Å². The van der Waals surface area contributed by atoms with Crippen molar-refractivity contribution in [3.63, 3.8) is 0 Å². The molecule has 3 rings (SSSR count). The summed E-state index contributed by atoms with van der Waals surface area (Å²) in [5.41, 5.74) is 2.01. The summed E-state index contributed by atoms with van der Waals surface area (Å²) in [5.74, 6) is 1.83. The normalized spacial score (nSPS) is 25.5. The first-order valence-corrected chi connectivity index (χ1v) is 9.40. The zero-order valence-electron chi connectivity index (χ0n) is 15.2. The second kappa shape index (κ2) is 7.49. The molecule has 1 aromatic rings. The van der Waals surface area contributed by atoms with Crippen molar-refractivity contribution in [3.8, 4) is 0 Å². The average molecular weight is 330 g/mol. The van der Waals surface area contributed by atoms with Gasteiger partial charge in [-0.15, -0.1) is 0 Å². The van der Waals surface area contributed by atoms with Gasteiger partial charge in [-0.05, 0) is 51.5 Å². The van der Waals surface area contributed by atoms with Gasteiger partial charge < -0.3 is 10.2 Å². The van der Waals surface area contributed by atoms with Gasteiger partial charge in [-0.25, -0.2) is 9.97 Å². The summed E-state index contributed by atoms with van der Waals surface area (Å²) >= 11 is 0. The lowest BCUT2D eigenvalue weighted by atomic mass is 9.85. The predicted octanol–water partition coefficient (Wildman–Crippen LogP) is 3.00. The Bertz CT molecular complexity index is 560. The molecule has 132 valence electrons. The molecule has 1 saturated heterocycles. The molecule has 0 bridgehead atoms. The molecule has 5 heteroatoms. The summed E-state index contributed by atoms with van der Waals surface area (Å²) in [6.07, 6.45) is 6.72. The summed E-state index contributed by atoms with van der Waals surface area (Å²) < 4.78 is 0. The summed E-state index contributed by atoms with van der Waals surface area (Å²) in [4.78, 5) is 23.9. The van der Waals surface area contributed by atoms with Gasteiger partial charge in [0.2, 0.25) is 11.9 Å². The number of amides is 1. The van der Waals surface area contributed by atoms with Crippen molar-refractivity contribution in [2.24, 2.45) is 11.8 Å². The number of piperidine rings is 1. The Morgan fingerprint density at radius 1 is 1.08 bits per heavy atom. The van der Waals surface area contributed by atoms with E-state index >= 15 is 0 Å². The molecule has 1 saturated carbocycles. The number of carbonyl (C=O) groups excluding carboxylic acids is 1. The van der Waals surface area contributed by atoms with Gasteiger partial charge in [-0.2, -0.15) is 0 Å². The molecular formula is C19H30N4O. The first-order valence-electron chi connectivity index (χ1n) is 9.40. The van der Waals surface area contributed by atoms with Crippen LogP contribution in [-0.4, -0.2) is 35.0 Å². The van der Waals surface area contributed by atoms with Crippen LogP contribution in [0, 0.1) is 25.7 Å². The number of nitrogens with zero attached hydrogens (tertiary/aromatic N) is 3. The van der Waals surface area contributed by atoms with Gasteiger partial charge in [-0.3, -0.25) is 4.79 Å². The minimum Gasteiger partial charge on any atom is -0.353 e. The van der Waals surface area contributed by atoms with Crippen LogP contribution in [0.15, 0.2) is 6.07 Å². The number of rotatable bonds is 3. The molecule has 1 aliphatic heterocycles. The monoisotopic (exact) mass is 330 g/mol. The minimum atomic E-state index is 0.140. The lowest BCUT2D eigenvalue weighted by Gasteiger charge is -2.34. The molecule has 2 heterocycles. The van der Waals surface area contributed by atoms with E-state index in [4.69, 9.17) is 0 Å². The third-order valence-corrected chi connectivity index (χ3v) is 5.56. The maximum atomic E-state index is 12.6. The fraction of sp³-hybridized carbons (Fsp3) is 0.737. The third kappa shape index (κ3) is 4.05. The van der Waals surface area contributed by atoms with Crippen molar-refractivity contribution in [2.75, 3.05) is 18.0 Å². The second-order valence-electron chi connectivity index (χ2n) is 7.59. The fourth-order valence-corrected chi connectivity index (χ4v) is 4.02. The van der Waals surface area contributed by atoms with E-state index in [1.165, 1.54) is 19.3 Å².